The SMILES string of the molecule is CC(NS(=O)(=O)Cc1ccc(F)cc1C#N)C(=O)O. The van der Waals surface area contributed by atoms with Crippen molar-refractivity contribution in [2.75, 3.05) is 0 Å². The molecule has 0 aliphatic carbocycles. The van der Waals surface area contributed by atoms with Crippen LogP contribution in [0.1, 0.15) is 18.1 Å². The zero-order chi connectivity index (χ0) is 14.6. The van der Waals surface area contributed by atoms with E-state index in [0.717, 1.165) is 12.1 Å². The number of carboxylic acid groups (broad SMARTS) is 1. The van der Waals surface area contributed by atoms with E-state index < -0.39 is 33.6 Å². The summed E-state index contributed by atoms with van der Waals surface area (Å²) in [6.07, 6.45) is 0. The summed E-state index contributed by atoms with van der Waals surface area (Å²) in [5.74, 6) is -2.55. The number of benzene rings is 1. The van der Waals surface area contributed by atoms with Gasteiger partial charge in [-0.1, -0.05) is 6.07 Å². The maximum Gasteiger partial charge on any atom is 0.321 e. The fourth-order valence-electron chi connectivity index (χ4n) is 1.34. The van der Waals surface area contributed by atoms with Crippen LogP contribution in [0.5, 0.6) is 0 Å². The van der Waals surface area contributed by atoms with Crippen LogP contribution in [-0.4, -0.2) is 25.5 Å². The summed E-state index contributed by atoms with van der Waals surface area (Å²) < 4.78 is 38.2. The Hall–Kier alpha value is -1.98. The quantitative estimate of drug-likeness (QED) is 0.823. The summed E-state index contributed by atoms with van der Waals surface area (Å²) in [5.41, 5.74) is 0.00217. The molecule has 0 aromatic heterocycles. The van der Waals surface area contributed by atoms with E-state index >= 15 is 0 Å². The Morgan fingerprint density at radius 2 is 2.21 bits per heavy atom. The number of hydrogen-bond donors (Lipinski definition) is 2. The summed E-state index contributed by atoms with van der Waals surface area (Å²) in [6, 6.07) is 3.54. The number of nitriles is 1. The molecule has 0 aliphatic rings. The van der Waals surface area contributed by atoms with Gasteiger partial charge in [0, 0.05) is 0 Å². The first kappa shape index (κ1) is 15.1. The molecule has 102 valence electrons. The van der Waals surface area contributed by atoms with Crippen molar-refractivity contribution in [1.82, 2.24) is 4.72 Å². The van der Waals surface area contributed by atoms with E-state index in [-0.39, 0.29) is 11.1 Å². The Morgan fingerprint density at radius 3 is 2.74 bits per heavy atom. The number of halogens is 1. The molecule has 0 saturated heterocycles. The molecular formula is C11H11FN2O4S. The molecule has 0 radical (unpaired) electrons. The van der Waals surface area contributed by atoms with Crippen molar-refractivity contribution in [1.29, 1.82) is 5.26 Å². The van der Waals surface area contributed by atoms with Crippen LogP contribution in [0.4, 0.5) is 4.39 Å². The Balaban J connectivity index is 2.97. The molecule has 0 spiro atoms. The average Bonchev–Trinajstić information content (AvgIpc) is 2.30. The number of aliphatic carboxylic acids is 1. The fraction of sp³-hybridized carbons (Fsp3) is 0.273. The predicted octanol–water partition coefficient (Wildman–Crippen LogP) is 0.590. The van der Waals surface area contributed by atoms with Gasteiger partial charge in [0.1, 0.15) is 11.9 Å². The second-order valence-electron chi connectivity index (χ2n) is 3.85. The van der Waals surface area contributed by atoms with E-state index in [9.17, 15) is 17.6 Å². The molecule has 8 heteroatoms. The number of nitrogens with zero attached hydrogens (tertiary/aromatic N) is 1. The summed E-state index contributed by atoms with van der Waals surface area (Å²) in [5, 5.41) is 17.4. The smallest absolute Gasteiger partial charge is 0.321 e. The lowest BCUT2D eigenvalue weighted by molar-refractivity contribution is -0.138. The normalized spacial score (nSPS) is 12.7. The minimum Gasteiger partial charge on any atom is -0.480 e. The molecule has 2 N–H and O–H groups in total. The highest BCUT2D eigenvalue weighted by atomic mass is 32.2. The van der Waals surface area contributed by atoms with Crippen LogP contribution in [0.25, 0.3) is 0 Å². The first-order valence-corrected chi connectivity index (χ1v) is 6.82. The zero-order valence-corrected chi connectivity index (χ0v) is 10.7. The molecule has 1 rings (SSSR count). The molecule has 6 nitrogen and oxygen atoms in total. The molecule has 1 unspecified atom stereocenters. The Kier molecular flexibility index (Phi) is 4.58. The third kappa shape index (κ3) is 4.31. The molecule has 0 heterocycles. The second kappa shape index (κ2) is 5.77. The summed E-state index contributed by atoms with van der Waals surface area (Å²) in [7, 11) is -3.93. The highest BCUT2D eigenvalue weighted by molar-refractivity contribution is 7.88. The van der Waals surface area contributed by atoms with E-state index in [4.69, 9.17) is 10.4 Å². The standard InChI is InChI=1S/C11H11FN2O4S/c1-7(11(15)16)14-19(17,18)6-8-2-3-10(12)4-9(8)5-13/h2-4,7,14H,6H2,1H3,(H,15,16). The van der Waals surface area contributed by atoms with Crippen molar-refractivity contribution < 1.29 is 22.7 Å². The molecule has 19 heavy (non-hydrogen) atoms. The summed E-state index contributed by atoms with van der Waals surface area (Å²) >= 11 is 0. The Bertz CT molecular complexity index is 637. The fourth-order valence-corrected chi connectivity index (χ4v) is 2.73. The van der Waals surface area contributed by atoms with Crippen molar-refractivity contribution in [2.24, 2.45) is 0 Å². The molecule has 0 fully saturated rings. The van der Waals surface area contributed by atoms with Crippen LogP contribution in [-0.2, 0) is 20.6 Å². The topological polar surface area (TPSA) is 107 Å². The van der Waals surface area contributed by atoms with Gasteiger partial charge in [-0.25, -0.2) is 17.5 Å². The average molecular weight is 286 g/mol. The molecule has 0 bridgehead atoms. The van der Waals surface area contributed by atoms with Crippen LogP contribution in [0.15, 0.2) is 18.2 Å². The van der Waals surface area contributed by atoms with Gasteiger partial charge in [-0.2, -0.15) is 5.26 Å². The largest absolute Gasteiger partial charge is 0.480 e. The monoisotopic (exact) mass is 286 g/mol. The van der Waals surface area contributed by atoms with E-state index in [0.29, 0.717) is 0 Å². The Morgan fingerprint density at radius 1 is 1.58 bits per heavy atom. The lowest BCUT2D eigenvalue weighted by Crippen LogP contribution is -2.39. The number of carbonyl (C=O) groups is 1. The summed E-state index contributed by atoms with van der Waals surface area (Å²) in [6.45, 7) is 1.18. The third-order valence-electron chi connectivity index (χ3n) is 2.26. The molecule has 0 amide bonds. The zero-order valence-electron chi connectivity index (χ0n) is 9.92. The van der Waals surface area contributed by atoms with Crippen LogP contribution in [0, 0.1) is 17.1 Å². The molecular weight excluding hydrogens is 275 g/mol. The molecule has 1 atom stereocenters. The summed E-state index contributed by atoms with van der Waals surface area (Å²) in [4.78, 5) is 10.6. The third-order valence-corrected chi connectivity index (χ3v) is 3.67. The number of rotatable bonds is 5. The molecule has 1 aromatic rings. The van der Waals surface area contributed by atoms with Crippen molar-refractivity contribution in [3.8, 4) is 6.07 Å². The van der Waals surface area contributed by atoms with E-state index in [1.807, 2.05) is 4.72 Å². The number of sulfonamides is 1. The number of hydrogen-bond acceptors (Lipinski definition) is 4. The minimum absolute atomic E-state index is 0.103. The van der Waals surface area contributed by atoms with Gasteiger partial charge < -0.3 is 5.11 Å². The molecule has 0 aliphatic heterocycles. The van der Waals surface area contributed by atoms with E-state index in [1.165, 1.54) is 13.0 Å². The number of nitrogens with one attached hydrogen (secondary N) is 1. The van der Waals surface area contributed by atoms with Crippen molar-refractivity contribution in [2.45, 2.75) is 18.7 Å². The van der Waals surface area contributed by atoms with Gasteiger partial charge >= 0.3 is 5.97 Å². The first-order chi connectivity index (χ1) is 8.75. The van der Waals surface area contributed by atoms with Crippen molar-refractivity contribution >= 4 is 16.0 Å². The second-order valence-corrected chi connectivity index (χ2v) is 5.60. The van der Waals surface area contributed by atoms with Crippen LogP contribution in [0.3, 0.4) is 0 Å². The van der Waals surface area contributed by atoms with Crippen molar-refractivity contribution in [3.63, 3.8) is 0 Å². The van der Waals surface area contributed by atoms with Gasteiger partial charge in [-0.15, -0.1) is 0 Å². The van der Waals surface area contributed by atoms with Crippen LogP contribution in [0.2, 0.25) is 0 Å². The Labute approximate surface area is 109 Å². The lowest BCUT2D eigenvalue weighted by Gasteiger charge is -2.10. The van der Waals surface area contributed by atoms with E-state index in [2.05, 4.69) is 0 Å². The molecule has 0 saturated carbocycles. The molecule has 1 aromatic carbocycles. The van der Waals surface area contributed by atoms with Crippen LogP contribution >= 0.6 is 0 Å². The highest BCUT2D eigenvalue weighted by Gasteiger charge is 2.21. The van der Waals surface area contributed by atoms with Gasteiger partial charge in [0.05, 0.1) is 17.4 Å². The maximum absolute atomic E-state index is 12.9. The van der Waals surface area contributed by atoms with Crippen LogP contribution < -0.4 is 4.72 Å². The first-order valence-electron chi connectivity index (χ1n) is 5.16. The van der Waals surface area contributed by atoms with Crippen molar-refractivity contribution in [3.05, 3.63) is 35.1 Å². The van der Waals surface area contributed by atoms with Gasteiger partial charge in [0.2, 0.25) is 10.0 Å². The maximum atomic E-state index is 12.9. The minimum atomic E-state index is -3.93. The van der Waals surface area contributed by atoms with Gasteiger partial charge in [-0.3, -0.25) is 4.79 Å². The van der Waals surface area contributed by atoms with Gasteiger partial charge in [-0.05, 0) is 24.6 Å². The number of carboxylic acids is 1. The van der Waals surface area contributed by atoms with Gasteiger partial charge in [0.15, 0.2) is 0 Å². The van der Waals surface area contributed by atoms with Gasteiger partial charge in [0.25, 0.3) is 0 Å². The predicted molar refractivity (Wildman–Crippen MR) is 64.0 cm³/mol. The van der Waals surface area contributed by atoms with E-state index in [1.54, 1.807) is 6.07 Å². The lowest BCUT2D eigenvalue weighted by atomic mass is 10.1. The highest BCUT2D eigenvalue weighted by Crippen LogP contribution is 2.13.